The Bertz CT molecular complexity index is 643. The highest BCUT2D eigenvalue weighted by Gasteiger charge is 2.66. The highest BCUT2D eigenvalue weighted by molar-refractivity contribution is 6.01. The number of carbonyl (C=O) groups is 2. The van der Waals surface area contributed by atoms with Gasteiger partial charge in [0, 0.05) is 24.7 Å². The van der Waals surface area contributed by atoms with Crippen molar-refractivity contribution in [1.82, 2.24) is 0 Å². The predicted octanol–water partition coefficient (Wildman–Crippen LogP) is 1.69. The van der Waals surface area contributed by atoms with Crippen molar-refractivity contribution >= 4 is 11.9 Å². The van der Waals surface area contributed by atoms with Gasteiger partial charge in [-0.2, -0.15) is 0 Å². The Morgan fingerprint density at radius 1 is 1.27 bits per heavy atom. The summed E-state index contributed by atoms with van der Waals surface area (Å²) in [4.78, 5) is 25.4. The minimum Gasteiger partial charge on any atom is -0.468 e. The van der Waals surface area contributed by atoms with E-state index < -0.39 is 29.1 Å². The Labute approximate surface area is 154 Å². The molecule has 1 aliphatic carbocycles. The second kappa shape index (κ2) is 7.95. The van der Waals surface area contributed by atoms with Crippen molar-refractivity contribution < 1.29 is 28.5 Å². The molecule has 0 aromatic rings. The fourth-order valence-corrected chi connectivity index (χ4v) is 4.07. The molecule has 0 spiro atoms. The zero-order chi connectivity index (χ0) is 19.4. The lowest BCUT2D eigenvalue weighted by atomic mass is 9.71. The first-order valence-electron chi connectivity index (χ1n) is 8.41. The van der Waals surface area contributed by atoms with E-state index in [1.807, 2.05) is 0 Å². The molecule has 1 saturated heterocycles. The summed E-state index contributed by atoms with van der Waals surface area (Å²) in [5.41, 5.74) is -0.862. The molecule has 26 heavy (non-hydrogen) atoms. The molecule has 2 fully saturated rings. The van der Waals surface area contributed by atoms with Crippen molar-refractivity contribution in [2.45, 2.75) is 31.5 Å². The van der Waals surface area contributed by atoms with Crippen molar-refractivity contribution in [1.29, 1.82) is 0 Å². The third-order valence-corrected chi connectivity index (χ3v) is 5.15. The molecule has 0 radical (unpaired) electrons. The Morgan fingerprint density at radius 2 is 1.85 bits per heavy atom. The molecule has 2 rings (SSSR count). The van der Waals surface area contributed by atoms with Gasteiger partial charge in [-0.15, -0.1) is 24.7 Å². The van der Waals surface area contributed by atoms with Crippen LogP contribution in [0.1, 0.15) is 25.7 Å². The van der Waals surface area contributed by atoms with Crippen LogP contribution < -0.4 is 0 Å². The molecule has 1 heterocycles. The number of esters is 2. The standard InChI is InChI=1S/C20H24O6/c1-6-8-15(7-2)13-20(25-9-10-26-20)16-11-14(3)12-19(16,17(21)23-4)18(22)24-5/h1-2,15-16H,3,8-13H2,4-5H3. The molecular weight excluding hydrogens is 336 g/mol. The molecule has 1 saturated carbocycles. The molecule has 2 unspecified atom stereocenters. The molecule has 0 bridgehead atoms. The lowest BCUT2D eigenvalue weighted by Crippen LogP contribution is -2.54. The predicted molar refractivity (Wildman–Crippen MR) is 93.4 cm³/mol. The van der Waals surface area contributed by atoms with E-state index in [1.54, 1.807) is 0 Å². The summed E-state index contributed by atoms with van der Waals surface area (Å²) < 4.78 is 21.8. The summed E-state index contributed by atoms with van der Waals surface area (Å²) in [6.07, 6.45) is 12.1. The number of allylic oxidation sites excluding steroid dienone is 1. The zero-order valence-electron chi connectivity index (χ0n) is 15.2. The number of hydrogen-bond donors (Lipinski definition) is 0. The van der Waals surface area contributed by atoms with Crippen molar-refractivity contribution in [3.05, 3.63) is 12.2 Å². The van der Waals surface area contributed by atoms with Crippen molar-refractivity contribution in [2.24, 2.45) is 17.3 Å². The highest BCUT2D eigenvalue weighted by atomic mass is 16.7. The third-order valence-electron chi connectivity index (χ3n) is 5.15. The van der Waals surface area contributed by atoms with E-state index >= 15 is 0 Å². The third kappa shape index (κ3) is 3.23. The lowest BCUT2D eigenvalue weighted by molar-refractivity contribution is -0.232. The summed E-state index contributed by atoms with van der Waals surface area (Å²) >= 11 is 0. The smallest absolute Gasteiger partial charge is 0.324 e. The number of carbonyl (C=O) groups excluding carboxylic acids is 2. The van der Waals surface area contributed by atoms with E-state index in [9.17, 15) is 9.59 Å². The minimum absolute atomic E-state index is 0.112. The van der Waals surface area contributed by atoms with Gasteiger partial charge in [-0.3, -0.25) is 9.59 Å². The van der Waals surface area contributed by atoms with Gasteiger partial charge in [-0.05, 0) is 12.8 Å². The summed E-state index contributed by atoms with van der Waals surface area (Å²) in [6.45, 7) is 4.63. The van der Waals surface area contributed by atoms with Crippen LogP contribution in [0, 0.1) is 41.9 Å². The number of hydrogen-bond acceptors (Lipinski definition) is 6. The number of ether oxygens (including phenoxy) is 4. The average Bonchev–Trinajstić information content (AvgIpc) is 3.25. The number of terminal acetylenes is 2. The quantitative estimate of drug-likeness (QED) is 0.311. The maximum absolute atomic E-state index is 12.7. The molecule has 0 aromatic carbocycles. The van der Waals surface area contributed by atoms with Crippen LogP contribution in [-0.2, 0) is 28.5 Å². The summed E-state index contributed by atoms with van der Waals surface area (Å²) in [5.74, 6) is 1.59. The summed E-state index contributed by atoms with van der Waals surface area (Å²) in [6, 6.07) is 0. The van der Waals surface area contributed by atoms with E-state index in [4.69, 9.17) is 31.8 Å². The maximum Gasteiger partial charge on any atom is 0.324 e. The topological polar surface area (TPSA) is 71.1 Å². The molecule has 1 aliphatic heterocycles. The molecule has 0 aromatic heterocycles. The first-order chi connectivity index (χ1) is 12.4. The normalized spacial score (nSPS) is 24.3. The average molecular weight is 360 g/mol. The Kier molecular flexibility index (Phi) is 6.13. The van der Waals surface area contributed by atoms with E-state index in [-0.39, 0.29) is 18.8 Å². The molecule has 2 atom stereocenters. The minimum atomic E-state index is -1.58. The zero-order valence-corrected chi connectivity index (χ0v) is 15.2. The first-order valence-corrected chi connectivity index (χ1v) is 8.41. The van der Waals surface area contributed by atoms with Crippen LogP contribution in [0.15, 0.2) is 12.2 Å². The second-order valence-corrected chi connectivity index (χ2v) is 6.62. The van der Waals surface area contributed by atoms with Gasteiger partial charge in [-0.1, -0.05) is 12.2 Å². The van der Waals surface area contributed by atoms with Gasteiger partial charge in [0.15, 0.2) is 11.2 Å². The molecule has 2 aliphatic rings. The molecule has 0 amide bonds. The number of methoxy groups -OCH3 is 2. The molecule has 6 nitrogen and oxygen atoms in total. The first kappa shape index (κ1) is 20.0. The van der Waals surface area contributed by atoms with Gasteiger partial charge in [0.1, 0.15) is 0 Å². The molecule has 140 valence electrons. The van der Waals surface area contributed by atoms with Crippen LogP contribution in [-0.4, -0.2) is 45.2 Å². The van der Waals surface area contributed by atoms with Crippen LogP contribution in [0.25, 0.3) is 0 Å². The maximum atomic E-state index is 12.7. The van der Waals surface area contributed by atoms with Gasteiger partial charge in [0.25, 0.3) is 0 Å². The van der Waals surface area contributed by atoms with Gasteiger partial charge >= 0.3 is 11.9 Å². The molecular formula is C20H24O6. The van der Waals surface area contributed by atoms with Gasteiger partial charge in [-0.25, -0.2) is 0 Å². The van der Waals surface area contributed by atoms with E-state index in [1.165, 1.54) is 14.2 Å². The number of rotatable bonds is 6. The SMILES string of the molecule is C#CCC(C#C)CC1(C2CC(=C)CC2(C(=O)OC)C(=O)OC)OCCO1. The molecule has 0 N–H and O–H groups in total. The van der Waals surface area contributed by atoms with Gasteiger partial charge in [0.05, 0.1) is 27.4 Å². The highest BCUT2D eigenvalue weighted by Crippen LogP contribution is 2.56. The largest absolute Gasteiger partial charge is 0.468 e. The Hall–Kier alpha value is -2.28. The van der Waals surface area contributed by atoms with Crippen LogP contribution in [0.3, 0.4) is 0 Å². The second-order valence-electron chi connectivity index (χ2n) is 6.62. The van der Waals surface area contributed by atoms with Crippen LogP contribution in [0.2, 0.25) is 0 Å². The van der Waals surface area contributed by atoms with Gasteiger partial charge < -0.3 is 18.9 Å². The van der Waals surface area contributed by atoms with Gasteiger partial charge in [0.2, 0.25) is 0 Å². The Morgan fingerprint density at radius 3 is 2.31 bits per heavy atom. The monoisotopic (exact) mass is 360 g/mol. The van der Waals surface area contributed by atoms with Crippen LogP contribution in [0.5, 0.6) is 0 Å². The van der Waals surface area contributed by atoms with Crippen molar-refractivity contribution in [3.8, 4) is 24.7 Å². The van der Waals surface area contributed by atoms with Crippen molar-refractivity contribution in [3.63, 3.8) is 0 Å². The van der Waals surface area contributed by atoms with E-state index in [0.29, 0.717) is 26.1 Å². The van der Waals surface area contributed by atoms with E-state index in [0.717, 1.165) is 5.57 Å². The van der Waals surface area contributed by atoms with E-state index in [2.05, 4.69) is 18.4 Å². The Balaban J connectivity index is 2.53. The summed E-state index contributed by atoms with van der Waals surface area (Å²) in [7, 11) is 2.47. The van der Waals surface area contributed by atoms with Crippen LogP contribution in [0.4, 0.5) is 0 Å². The fourth-order valence-electron chi connectivity index (χ4n) is 4.07. The fraction of sp³-hybridized carbons (Fsp3) is 0.600. The summed E-state index contributed by atoms with van der Waals surface area (Å²) in [5, 5.41) is 0. The van der Waals surface area contributed by atoms with Crippen LogP contribution >= 0.6 is 0 Å². The lowest BCUT2D eigenvalue weighted by Gasteiger charge is -2.41. The molecule has 6 heteroatoms. The van der Waals surface area contributed by atoms with Crippen molar-refractivity contribution in [2.75, 3.05) is 27.4 Å².